The maximum Gasteiger partial charge on any atom is 0.225 e. The summed E-state index contributed by atoms with van der Waals surface area (Å²) in [5, 5.41) is 4.50. The summed E-state index contributed by atoms with van der Waals surface area (Å²) in [7, 11) is -0.450. The van der Waals surface area contributed by atoms with Gasteiger partial charge in [-0.15, -0.1) is 0 Å². The van der Waals surface area contributed by atoms with E-state index in [9.17, 15) is 0 Å². The maximum absolute atomic E-state index is 5.10. The van der Waals surface area contributed by atoms with Gasteiger partial charge in [-0.2, -0.15) is 4.98 Å². The summed E-state index contributed by atoms with van der Waals surface area (Å²) in [6.45, 7) is 2.79. The van der Waals surface area contributed by atoms with Crippen LogP contribution in [0.15, 0.2) is 42.6 Å². The first-order valence-corrected chi connectivity index (χ1v) is 12.3. The van der Waals surface area contributed by atoms with Crippen LogP contribution in [-0.4, -0.2) is 52.1 Å². The van der Waals surface area contributed by atoms with Crippen molar-refractivity contribution in [1.29, 1.82) is 0 Å². The number of fused-ring (bicyclic) bond motifs is 1. The van der Waals surface area contributed by atoms with Crippen LogP contribution in [-0.2, 0) is 6.54 Å². The van der Waals surface area contributed by atoms with Gasteiger partial charge < -0.3 is 15.2 Å². The number of benzene rings is 1. The van der Waals surface area contributed by atoms with E-state index in [0.29, 0.717) is 12.5 Å². The highest BCUT2D eigenvalue weighted by Gasteiger charge is 2.24. The molecule has 0 saturated carbocycles. The first-order valence-electron chi connectivity index (χ1n) is 9.12. The molecule has 1 aromatic carbocycles. The number of hydrogen-bond donors (Lipinski definition) is 2. The van der Waals surface area contributed by atoms with Gasteiger partial charge in [-0.3, -0.25) is 0 Å². The lowest BCUT2D eigenvalue weighted by Gasteiger charge is -2.41. The molecule has 1 aliphatic heterocycles. The van der Waals surface area contributed by atoms with Crippen LogP contribution in [0.4, 0.5) is 11.8 Å². The lowest BCUT2D eigenvalue weighted by molar-refractivity contribution is 0.833. The molecule has 3 heterocycles. The summed E-state index contributed by atoms with van der Waals surface area (Å²) in [5.41, 5.74) is 2.10. The third kappa shape index (κ3) is 4.25. The van der Waals surface area contributed by atoms with Crippen LogP contribution in [0.5, 0.6) is 0 Å². The molecular formula is C20H25N5S2. The molecule has 0 spiro atoms. The zero-order valence-electron chi connectivity index (χ0n) is 15.7. The fourth-order valence-electron chi connectivity index (χ4n) is 3.25. The molecule has 0 bridgehead atoms. The molecule has 1 aliphatic rings. The summed E-state index contributed by atoms with van der Waals surface area (Å²) >= 11 is 5.10. The van der Waals surface area contributed by atoms with Crippen molar-refractivity contribution in [2.45, 2.75) is 6.54 Å². The van der Waals surface area contributed by atoms with E-state index in [-0.39, 0.29) is 0 Å². The van der Waals surface area contributed by atoms with Gasteiger partial charge in [-0.05, 0) is 47.8 Å². The van der Waals surface area contributed by atoms with Crippen molar-refractivity contribution in [1.82, 2.24) is 15.0 Å². The molecule has 1 fully saturated rings. The van der Waals surface area contributed by atoms with E-state index < -0.39 is 10.0 Å². The fourth-order valence-corrected chi connectivity index (χ4v) is 5.01. The van der Waals surface area contributed by atoms with Crippen LogP contribution in [0.3, 0.4) is 0 Å². The van der Waals surface area contributed by atoms with Crippen LogP contribution in [0, 0.1) is 4.64 Å². The minimum Gasteiger partial charge on any atom is -0.354 e. The number of para-hydroxylation sites is 1. The van der Waals surface area contributed by atoms with E-state index >= 15 is 0 Å². The Bertz CT molecular complexity index is 984. The second-order valence-electron chi connectivity index (χ2n) is 7.47. The number of aromatic nitrogens is 3. The Morgan fingerprint density at radius 2 is 1.89 bits per heavy atom. The van der Waals surface area contributed by atoms with E-state index in [1.807, 2.05) is 24.4 Å². The van der Waals surface area contributed by atoms with Gasteiger partial charge in [0.05, 0.1) is 5.52 Å². The average molecular weight is 400 g/mol. The first kappa shape index (κ1) is 18.3. The molecule has 0 unspecified atom stereocenters. The maximum atomic E-state index is 5.10. The zero-order valence-corrected chi connectivity index (χ0v) is 17.4. The van der Waals surface area contributed by atoms with Gasteiger partial charge in [0.25, 0.3) is 0 Å². The molecule has 1 saturated heterocycles. The highest BCUT2D eigenvalue weighted by molar-refractivity contribution is 8.32. The predicted molar refractivity (Wildman–Crippen MR) is 120 cm³/mol. The third-order valence-electron chi connectivity index (χ3n) is 5.01. The fraction of sp³-hybridized carbons (Fsp3) is 0.350. The van der Waals surface area contributed by atoms with Crippen LogP contribution in [0.25, 0.3) is 10.9 Å². The molecule has 4 rings (SSSR count). The van der Waals surface area contributed by atoms with Gasteiger partial charge in [-0.1, -0.05) is 30.4 Å². The smallest absolute Gasteiger partial charge is 0.225 e. The van der Waals surface area contributed by atoms with Crippen molar-refractivity contribution in [3.63, 3.8) is 0 Å². The van der Waals surface area contributed by atoms with Crippen LogP contribution in [0.2, 0.25) is 0 Å². The Kier molecular flexibility index (Phi) is 5.06. The number of rotatable bonds is 4. The van der Waals surface area contributed by atoms with E-state index in [1.54, 1.807) is 0 Å². The SMILES string of the molecule is CS1(C)CCN(c2nc(NCc3ccc(=S)[nH]c3)nc3ccccc23)CC1. The van der Waals surface area contributed by atoms with E-state index in [0.717, 1.165) is 40.0 Å². The summed E-state index contributed by atoms with van der Waals surface area (Å²) < 4.78 is 0.734. The average Bonchev–Trinajstić information content (AvgIpc) is 2.67. The standard InChI is InChI=1S/C20H25N5S2/c1-27(2)11-9-25(10-12-27)19-16-5-3-4-6-17(16)23-20(24-19)22-14-15-7-8-18(26)21-13-15/h3-8,13H,9-12,14H2,1-2H3,(H,21,26)(H,22,23,24). The number of nitrogens with zero attached hydrogens (tertiary/aromatic N) is 3. The molecule has 0 aliphatic carbocycles. The first-order chi connectivity index (χ1) is 13.0. The van der Waals surface area contributed by atoms with Crippen LogP contribution < -0.4 is 10.2 Å². The predicted octanol–water partition coefficient (Wildman–Crippen LogP) is 4.18. The van der Waals surface area contributed by atoms with Crippen LogP contribution in [0.1, 0.15) is 5.56 Å². The second kappa shape index (κ2) is 7.48. The van der Waals surface area contributed by atoms with Crippen molar-refractivity contribution >= 4 is 44.9 Å². The van der Waals surface area contributed by atoms with E-state index in [2.05, 4.69) is 45.9 Å². The summed E-state index contributed by atoms with van der Waals surface area (Å²) in [4.78, 5) is 15.1. The molecular weight excluding hydrogens is 374 g/mol. The highest BCUT2D eigenvalue weighted by Crippen LogP contribution is 2.42. The number of anilines is 2. The van der Waals surface area contributed by atoms with Crippen LogP contribution >= 0.6 is 22.2 Å². The second-order valence-corrected chi connectivity index (χ2v) is 12.3. The van der Waals surface area contributed by atoms with Gasteiger partial charge in [0.2, 0.25) is 5.95 Å². The summed E-state index contributed by atoms with van der Waals surface area (Å²) in [6.07, 6.45) is 6.79. The third-order valence-corrected chi connectivity index (χ3v) is 7.84. The lowest BCUT2D eigenvalue weighted by Crippen LogP contribution is -2.38. The number of aromatic amines is 1. The topological polar surface area (TPSA) is 56.8 Å². The Balaban J connectivity index is 1.62. The molecule has 2 aromatic heterocycles. The van der Waals surface area contributed by atoms with E-state index in [1.165, 1.54) is 11.5 Å². The van der Waals surface area contributed by atoms with Crippen molar-refractivity contribution < 1.29 is 0 Å². The van der Waals surface area contributed by atoms with Crippen molar-refractivity contribution in [2.24, 2.45) is 0 Å². The zero-order chi connectivity index (χ0) is 18.9. The summed E-state index contributed by atoms with van der Waals surface area (Å²) in [5.74, 6) is 4.24. The largest absolute Gasteiger partial charge is 0.354 e. The monoisotopic (exact) mass is 399 g/mol. The Morgan fingerprint density at radius 1 is 1.11 bits per heavy atom. The van der Waals surface area contributed by atoms with Crippen molar-refractivity contribution in [3.8, 4) is 0 Å². The number of hydrogen-bond acceptors (Lipinski definition) is 5. The van der Waals surface area contributed by atoms with Gasteiger partial charge in [0.1, 0.15) is 10.5 Å². The minimum atomic E-state index is -0.450. The molecule has 0 radical (unpaired) electrons. The molecule has 27 heavy (non-hydrogen) atoms. The van der Waals surface area contributed by atoms with Gasteiger partial charge in [-0.25, -0.2) is 15.0 Å². The van der Waals surface area contributed by atoms with Crippen molar-refractivity contribution in [3.05, 3.63) is 52.8 Å². The normalized spacial score (nSPS) is 17.6. The molecule has 2 N–H and O–H groups in total. The number of H-pyrrole nitrogens is 1. The van der Waals surface area contributed by atoms with Gasteiger partial charge in [0, 0.05) is 31.2 Å². The minimum absolute atomic E-state index is 0.450. The molecule has 5 nitrogen and oxygen atoms in total. The molecule has 3 aromatic rings. The quantitative estimate of drug-likeness (QED) is 0.645. The highest BCUT2D eigenvalue weighted by atomic mass is 32.3. The molecule has 0 amide bonds. The number of pyridine rings is 1. The molecule has 142 valence electrons. The van der Waals surface area contributed by atoms with E-state index in [4.69, 9.17) is 22.2 Å². The number of nitrogens with one attached hydrogen (secondary N) is 2. The van der Waals surface area contributed by atoms with Crippen molar-refractivity contribution in [2.75, 3.05) is 47.3 Å². The molecule has 7 heteroatoms. The Morgan fingerprint density at radius 3 is 2.63 bits per heavy atom. The Hall–Kier alpha value is -2.12. The Labute approximate surface area is 166 Å². The van der Waals surface area contributed by atoms with Gasteiger partial charge >= 0.3 is 0 Å². The summed E-state index contributed by atoms with van der Waals surface area (Å²) in [6, 6.07) is 12.2. The lowest BCUT2D eigenvalue weighted by atomic mass is 10.2. The molecule has 0 atom stereocenters. The van der Waals surface area contributed by atoms with Gasteiger partial charge in [0.15, 0.2) is 0 Å².